The first-order valence-corrected chi connectivity index (χ1v) is 4.23. The Balaban J connectivity index is 3.33. The molecule has 16 heavy (non-hydrogen) atoms. The molecule has 0 bridgehead atoms. The average Bonchev–Trinajstić information content (AvgIpc) is 2.26. The molecule has 0 aliphatic carbocycles. The van der Waals surface area contributed by atoms with E-state index in [1.165, 1.54) is 13.2 Å². The summed E-state index contributed by atoms with van der Waals surface area (Å²) in [5, 5.41) is 0. The van der Waals surface area contributed by atoms with Gasteiger partial charge in [-0.05, 0) is 18.2 Å². The van der Waals surface area contributed by atoms with Crippen molar-refractivity contribution in [2.24, 2.45) is 0 Å². The van der Waals surface area contributed by atoms with Gasteiger partial charge in [0.25, 0.3) is 0 Å². The quantitative estimate of drug-likeness (QED) is 0.737. The lowest BCUT2D eigenvalue weighted by Crippen LogP contribution is -2.14. The van der Waals surface area contributed by atoms with Crippen molar-refractivity contribution in [1.82, 2.24) is 0 Å². The Morgan fingerprint density at radius 2 is 1.88 bits per heavy atom. The number of benzene rings is 1. The van der Waals surface area contributed by atoms with E-state index in [1.807, 2.05) is 0 Å². The van der Waals surface area contributed by atoms with E-state index in [4.69, 9.17) is 0 Å². The number of rotatable bonds is 2. The lowest BCUT2D eigenvalue weighted by atomic mass is 10.1. The van der Waals surface area contributed by atoms with Crippen LogP contribution in [0.25, 0.3) is 0 Å². The number of carbonyl (C=O) groups excluding carboxylic acids is 1. The molecular formula is C10H9F3O3. The summed E-state index contributed by atoms with van der Waals surface area (Å²) in [4.78, 5) is 11.1. The first-order chi connectivity index (χ1) is 7.40. The number of hydrogen-bond acceptors (Lipinski definition) is 3. The van der Waals surface area contributed by atoms with Gasteiger partial charge in [0.2, 0.25) is 0 Å². The summed E-state index contributed by atoms with van der Waals surface area (Å²) in [6.45, 7) is 0. The molecule has 0 atom stereocenters. The van der Waals surface area contributed by atoms with Gasteiger partial charge in [-0.15, -0.1) is 0 Å². The van der Waals surface area contributed by atoms with Gasteiger partial charge in [0, 0.05) is 0 Å². The molecule has 0 aliphatic heterocycles. The largest absolute Gasteiger partial charge is 0.497 e. The van der Waals surface area contributed by atoms with Crippen molar-refractivity contribution in [3.8, 4) is 5.75 Å². The van der Waals surface area contributed by atoms with E-state index in [0.717, 1.165) is 19.2 Å². The fourth-order valence-electron chi connectivity index (χ4n) is 1.17. The fourth-order valence-corrected chi connectivity index (χ4v) is 1.17. The van der Waals surface area contributed by atoms with Gasteiger partial charge in [-0.2, -0.15) is 13.2 Å². The van der Waals surface area contributed by atoms with E-state index in [9.17, 15) is 18.0 Å². The molecular weight excluding hydrogens is 225 g/mol. The summed E-state index contributed by atoms with van der Waals surface area (Å²) in [5.41, 5.74) is -1.60. The van der Waals surface area contributed by atoms with Crippen molar-refractivity contribution in [3.63, 3.8) is 0 Å². The van der Waals surface area contributed by atoms with Crippen molar-refractivity contribution in [2.45, 2.75) is 6.18 Å². The Labute approximate surface area is 89.8 Å². The van der Waals surface area contributed by atoms with E-state index in [0.29, 0.717) is 0 Å². The molecule has 0 fully saturated rings. The maximum absolute atomic E-state index is 12.6. The molecule has 88 valence electrons. The average molecular weight is 234 g/mol. The zero-order valence-electron chi connectivity index (χ0n) is 8.59. The summed E-state index contributed by atoms with van der Waals surface area (Å²) in [5.74, 6) is -1.00. The Hall–Kier alpha value is -1.72. The van der Waals surface area contributed by atoms with Gasteiger partial charge in [0.15, 0.2) is 0 Å². The number of halogens is 3. The molecule has 1 aromatic carbocycles. The number of carbonyl (C=O) groups is 1. The SMILES string of the molecule is COC(=O)c1ccc(OC)cc1C(F)(F)F. The van der Waals surface area contributed by atoms with Crippen LogP contribution in [-0.2, 0) is 10.9 Å². The number of alkyl halides is 3. The number of ether oxygens (including phenoxy) is 2. The normalized spacial score (nSPS) is 11.1. The third-order valence-electron chi connectivity index (χ3n) is 1.94. The summed E-state index contributed by atoms with van der Waals surface area (Å²) >= 11 is 0. The fraction of sp³-hybridized carbons (Fsp3) is 0.300. The molecule has 0 aromatic heterocycles. The van der Waals surface area contributed by atoms with E-state index < -0.39 is 23.3 Å². The van der Waals surface area contributed by atoms with Crippen LogP contribution >= 0.6 is 0 Å². The molecule has 0 saturated heterocycles. The molecule has 0 unspecified atom stereocenters. The Morgan fingerprint density at radius 1 is 1.25 bits per heavy atom. The first-order valence-electron chi connectivity index (χ1n) is 4.23. The van der Waals surface area contributed by atoms with Crippen LogP contribution < -0.4 is 4.74 Å². The lowest BCUT2D eigenvalue weighted by molar-refractivity contribution is -0.138. The highest BCUT2D eigenvalue weighted by molar-refractivity contribution is 5.91. The monoisotopic (exact) mass is 234 g/mol. The van der Waals surface area contributed by atoms with Crippen LogP contribution in [0.5, 0.6) is 5.75 Å². The van der Waals surface area contributed by atoms with Crippen molar-refractivity contribution < 1.29 is 27.4 Å². The second-order valence-electron chi connectivity index (χ2n) is 2.90. The Bertz CT molecular complexity index is 399. The summed E-state index contributed by atoms with van der Waals surface area (Å²) in [7, 11) is 2.26. The third kappa shape index (κ3) is 2.44. The van der Waals surface area contributed by atoms with E-state index in [1.54, 1.807) is 0 Å². The zero-order valence-corrected chi connectivity index (χ0v) is 8.59. The van der Waals surface area contributed by atoms with E-state index >= 15 is 0 Å². The minimum absolute atomic E-state index is 0.0278. The van der Waals surface area contributed by atoms with Gasteiger partial charge in [-0.3, -0.25) is 0 Å². The molecule has 1 rings (SSSR count). The van der Waals surface area contributed by atoms with E-state index in [-0.39, 0.29) is 5.75 Å². The second-order valence-corrected chi connectivity index (χ2v) is 2.90. The second kappa shape index (κ2) is 4.42. The highest BCUT2D eigenvalue weighted by atomic mass is 19.4. The lowest BCUT2D eigenvalue weighted by Gasteiger charge is -2.12. The molecule has 0 heterocycles. The van der Waals surface area contributed by atoms with Crippen LogP contribution in [0.2, 0.25) is 0 Å². The van der Waals surface area contributed by atoms with Crippen LogP contribution in [-0.4, -0.2) is 20.2 Å². The number of esters is 1. The van der Waals surface area contributed by atoms with Crippen LogP contribution in [0.15, 0.2) is 18.2 Å². The third-order valence-corrected chi connectivity index (χ3v) is 1.94. The van der Waals surface area contributed by atoms with Gasteiger partial charge < -0.3 is 9.47 Å². The van der Waals surface area contributed by atoms with Crippen LogP contribution in [0, 0.1) is 0 Å². The number of methoxy groups -OCH3 is 2. The van der Waals surface area contributed by atoms with Gasteiger partial charge in [0.05, 0.1) is 25.3 Å². The molecule has 6 heteroatoms. The molecule has 0 saturated carbocycles. The standard InChI is InChI=1S/C10H9F3O3/c1-15-6-3-4-7(9(14)16-2)8(5-6)10(11,12)13/h3-5H,1-2H3. The molecule has 1 aromatic rings. The maximum Gasteiger partial charge on any atom is 0.417 e. The van der Waals surface area contributed by atoms with Crippen molar-refractivity contribution in [3.05, 3.63) is 29.3 Å². The molecule has 0 radical (unpaired) electrons. The highest BCUT2D eigenvalue weighted by Crippen LogP contribution is 2.34. The zero-order chi connectivity index (χ0) is 12.3. The topological polar surface area (TPSA) is 35.5 Å². The van der Waals surface area contributed by atoms with Gasteiger partial charge >= 0.3 is 12.1 Å². The maximum atomic E-state index is 12.6. The molecule has 3 nitrogen and oxygen atoms in total. The highest BCUT2D eigenvalue weighted by Gasteiger charge is 2.36. The van der Waals surface area contributed by atoms with Crippen LogP contribution in [0.3, 0.4) is 0 Å². The predicted molar refractivity (Wildman–Crippen MR) is 49.3 cm³/mol. The van der Waals surface area contributed by atoms with Crippen LogP contribution in [0.1, 0.15) is 15.9 Å². The minimum Gasteiger partial charge on any atom is -0.497 e. The summed E-state index contributed by atoms with van der Waals surface area (Å²) in [6, 6.07) is 3.04. The van der Waals surface area contributed by atoms with Crippen molar-refractivity contribution in [2.75, 3.05) is 14.2 Å². The van der Waals surface area contributed by atoms with Gasteiger partial charge in [-0.1, -0.05) is 0 Å². The molecule has 0 amide bonds. The van der Waals surface area contributed by atoms with Crippen molar-refractivity contribution in [1.29, 1.82) is 0 Å². The Morgan fingerprint density at radius 3 is 2.31 bits per heavy atom. The molecule has 0 N–H and O–H groups in total. The van der Waals surface area contributed by atoms with Gasteiger partial charge in [0.1, 0.15) is 5.75 Å². The first kappa shape index (κ1) is 12.4. The molecule has 0 spiro atoms. The van der Waals surface area contributed by atoms with Crippen molar-refractivity contribution >= 4 is 5.97 Å². The summed E-state index contributed by atoms with van der Waals surface area (Å²) in [6.07, 6.45) is -4.63. The summed E-state index contributed by atoms with van der Waals surface area (Å²) < 4.78 is 46.7. The van der Waals surface area contributed by atoms with Crippen LogP contribution in [0.4, 0.5) is 13.2 Å². The molecule has 0 aliphatic rings. The number of hydrogen-bond donors (Lipinski definition) is 0. The smallest absolute Gasteiger partial charge is 0.417 e. The van der Waals surface area contributed by atoms with Gasteiger partial charge in [-0.25, -0.2) is 4.79 Å². The predicted octanol–water partition coefficient (Wildman–Crippen LogP) is 2.50. The Kier molecular flexibility index (Phi) is 3.41. The van der Waals surface area contributed by atoms with E-state index in [2.05, 4.69) is 9.47 Å². The minimum atomic E-state index is -4.63.